The zero-order valence-corrected chi connectivity index (χ0v) is 18.0. The van der Waals surface area contributed by atoms with E-state index in [1.165, 1.54) is 12.1 Å². The van der Waals surface area contributed by atoms with Crippen LogP contribution in [0.25, 0.3) is 10.8 Å². The molecule has 3 aromatic carbocycles. The van der Waals surface area contributed by atoms with Crippen molar-refractivity contribution in [1.82, 2.24) is 0 Å². The van der Waals surface area contributed by atoms with Gasteiger partial charge in [0.05, 0.1) is 13.2 Å². The van der Waals surface area contributed by atoms with Crippen molar-refractivity contribution in [3.05, 3.63) is 77.1 Å². The minimum atomic E-state index is -2.85. The number of alkyl halides is 2. The average molecular weight is 444 g/mol. The number of aryl methyl sites for hydroxylation is 2. The number of rotatable bonds is 8. The molecule has 1 heterocycles. The molecule has 0 atom stereocenters. The summed E-state index contributed by atoms with van der Waals surface area (Å²) in [6.45, 7) is 0.667. The molecule has 1 aliphatic heterocycles. The minimum absolute atomic E-state index is 0.114. The Bertz CT molecular complexity index is 1030. The quantitative estimate of drug-likeness (QED) is 0.381. The van der Waals surface area contributed by atoms with E-state index in [4.69, 9.17) is 9.47 Å². The monoisotopic (exact) mass is 444 g/mol. The summed E-state index contributed by atoms with van der Waals surface area (Å²) >= 11 is 0. The van der Waals surface area contributed by atoms with Gasteiger partial charge in [-0.05, 0) is 54.0 Å². The molecule has 1 aliphatic rings. The molecule has 0 bridgehead atoms. The first-order chi connectivity index (χ1) is 15.5. The minimum Gasteiger partial charge on any atom is -0.435 e. The number of halogens is 3. The van der Waals surface area contributed by atoms with Gasteiger partial charge in [-0.2, -0.15) is 8.78 Å². The van der Waals surface area contributed by atoms with Crippen molar-refractivity contribution in [2.45, 2.75) is 45.5 Å². The number of fused-ring (bicyclic) bond motifs is 1. The van der Waals surface area contributed by atoms with Gasteiger partial charge < -0.3 is 14.2 Å². The van der Waals surface area contributed by atoms with Crippen LogP contribution < -0.4 is 4.74 Å². The van der Waals surface area contributed by atoms with Gasteiger partial charge in [-0.25, -0.2) is 4.39 Å². The molecule has 0 spiro atoms. The van der Waals surface area contributed by atoms with Crippen molar-refractivity contribution in [3.63, 3.8) is 0 Å². The molecule has 1 saturated heterocycles. The van der Waals surface area contributed by atoms with E-state index in [-0.39, 0.29) is 11.6 Å². The average Bonchev–Trinajstić information content (AvgIpc) is 2.80. The van der Waals surface area contributed by atoms with Crippen LogP contribution in [0.1, 0.15) is 42.7 Å². The number of benzene rings is 3. The Balaban J connectivity index is 1.42. The van der Waals surface area contributed by atoms with Gasteiger partial charge >= 0.3 is 6.61 Å². The van der Waals surface area contributed by atoms with Crippen LogP contribution in [0.3, 0.4) is 0 Å². The third kappa shape index (κ3) is 5.43. The van der Waals surface area contributed by atoms with E-state index in [0.29, 0.717) is 42.9 Å². The maximum Gasteiger partial charge on any atom is 0.387 e. The molecule has 0 saturated carbocycles. The fraction of sp³-hybridized carbons (Fsp3) is 0.385. The summed E-state index contributed by atoms with van der Waals surface area (Å²) in [6.07, 6.45) is 2.89. The molecule has 0 aliphatic carbocycles. The smallest absolute Gasteiger partial charge is 0.387 e. The Hall–Kier alpha value is -2.57. The molecule has 0 unspecified atom stereocenters. The van der Waals surface area contributed by atoms with Crippen LogP contribution in [-0.4, -0.2) is 19.8 Å². The van der Waals surface area contributed by atoms with Crippen LogP contribution in [0.5, 0.6) is 5.75 Å². The predicted octanol–water partition coefficient (Wildman–Crippen LogP) is 6.83. The molecule has 3 aromatic rings. The lowest BCUT2D eigenvalue weighted by atomic mass is 9.98. The second kappa shape index (κ2) is 10.4. The summed E-state index contributed by atoms with van der Waals surface area (Å²) < 4.78 is 55.8. The summed E-state index contributed by atoms with van der Waals surface area (Å²) in [7, 11) is 0. The van der Waals surface area contributed by atoms with Gasteiger partial charge in [0, 0.05) is 16.9 Å². The largest absolute Gasteiger partial charge is 0.435 e. The Morgan fingerprint density at radius 1 is 0.969 bits per heavy atom. The molecular weight excluding hydrogens is 417 g/mol. The highest BCUT2D eigenvalue weighted by molar-refractivity contribution is 5.84. The maximum absolute atomic E-state index is 15.1. The van der Waals surface area contributed by atoms with Crippen molar-refractivity contribution in [3.8, 4) is 5.75 Å². The van der Waals surface area contributed by atoms with Crippen molar-refractivity contribution in [2.24, 2.45) is 5.92 Å². The van der Waals surface area contributed by atoms with Crippen LogP contribution >= 0.6 is 0 Å². The zero-order valence-electron chi connectivity index (χ0n) is 18.0. The van der Waals surface area contributed by atoms with Gasteiger partial charge in [-0.3, -0.25) is 0 Å². The third-order valence-electron chi connectivity index (χ3n) is 5.83. The van der Waals surface area contributed by atoms with Gasteiger partial charge in [-0.15, -0.1) is 0 Å². The van der Waals surface area contributed by atoms with Crippen LogP contribution in [0.4, 0.5) is 13.2 Å². The molecule has 0 radical (unpaired) electrons. The summed E-state index contributed by atoms with van der Waals surface area (Å²) in [5.41, 5.74) is 2.44. The standard InChI is InChI=1S/C26H27F3O3/c1-2-3-18-15-30-25(31-16-18)21-10-13-23-20(14-21)9-8-19(24(23)27)7-4-17-5-11-22(12-6-17)32-26(28)29/h5-6,8-14,18,25-26H,2-4,7,15-16H2,1H3. The molecule has 0 amide bonds. The lowest BCUT2D eigenvalue weighted by molar-refractivity contribution is -0.206. The molecule has 32 heavy (non-hydrogen) atoms. The fourth-order valence-corrected chi connectivity index (χ4v) is 4.12. The first-order valence-corrected chi connectivity index (χ1v) is 11.0. The summed E-state index contributed by atoms with van der Waals surface area (Å²) in [6, 6.07) is 15.7. The molecular formula is C26H27F3O3. The Morgan fingerprint density at radius 3 is 2.41 bits per heavy atom. The van der Waals surface area contributed by atoms with Crippen molar-refractivity contribution >= 4 is 10.8 Å². The van der Waals surface area contributed by atoms with E-state index in [1.807, 2.05) is 18.2 Å². The van der Waals surface area contributed by atoms with Gasteiger partial charge in [0.25, 0.3) is 0 Å². The molecule has 0 N–H and O–H groups in total. The van der Waals surface area contributed by atoms with Gasteiger partial charge in [0.15, 0.2) is 6.29 Å². The van der Waals surface area contributed by atoms with Crippen LogP contribution in [0.2, 0.25) is 0 Å². The highest BCUT2D eigenvalue weighted by atomic mass is 19.3. The highest BCUT2D eigenvalue weighted by Gasteiger charge is 2.23. The van der Waals surface area contributed by atoms with E-state index in [1.54, 1.807) is 24.3 Å². The van der Waals surface area contributed by atoms with E-state index in [9.17, 15) is 8.78 Å². The molecule has 4 rings (SSSR count). The number of hydrogen-bond donors (Lipinski definition) is 0. The Kier molecular flexibility index (Phi) is 7.33. The van der Waals surface area contributed by atoms with Gasteiger partial charge in [0.1, 0.15) is 11.6 Å². The molecule has 170 valence electrons. The Morgan fingerprint density at radius 2 is 1.72 bits per heavy atom. The van der Waals surface area contributed by atoms with Crippen LogP contribution in [0.15, 0.2) is 54.6 Å². The Labute approximate surface area is 186 Å². The lowest BCUT2D eigenvalue weighted by Gasteiger charge is -2.29. The second-order valence-corrected chi connectivity index (χ2v) is 8.19. The summed E-state index contributed by atoms with van der Waals surface area (Å²) in [5, 5.41) is 1.37. The van der Waals surface area contributed by atoms with Gasteiger partial charge in [0.2, 0.25) is 0 Å². The predicted molar refractivity (Wildman–Crippen MR) is 117 cm³/mol. The third-order valence-corrected chi connectivity index (χ3v) is 5.83. The number of ether oxygens (including phenoxy) is 3. The molecule has 0 aromatic heterocycles. The van der Waals surface area contributed by atoms with Crippen molar-refractivity contribution in [2.75, 3.05) is 13.2 Å². The van der Waals surface area contributed by atoms with Crippen LogP contribution in [-0.2, 0) is 22.3 Å². The first-order valence-electron chi connectivity index (χ1n) is 11.0. The normalized spacial score (nSPS) is 18.9. The first kappa shape index (κ1) is 22.6. The molecule has 1 fully saturated rings. The van der Waals surface area contributed by atoms with Gasteiger partial charge in [-0.1, -0.05) is 49.7 Å². The van der Waals surface area contributed by atoms with E-state index in [0.717, 1.165) is 29.4 Å². The molecule has 6 heteroatoms. The van der Waals surface area contributed by atoms with E-state index < -0.39 is 12.9 Å². The summed E-state index contributed by atoms with van der Waals surface area (Å²) in [5.74, 6) is 0.313. The summed E-state index contributed by atoms with van der Waals surface area (Å²) in [4.78, 5) is 0. The van der Waals surface area contributed by atoms with Crippen molar-refractivity contribution < 1.29 is 27.4 Å². The van der Waals surface area contributed by atoms with E-state index >= 15 is 4.39 Å². The fourth-order valence-electron chi connectivity index (χ4n) is 4.12. The SMILES string of the molecule is CCCC1COC(c2ccc3c(F)c(CCc4ccc(OC(F)F)cc4)ccc3c2)OC1. The highest BCUT2D eigenvalue weighted by Crippen LogP contribution is 2.31. The van der Waals surface area contributed by atoms with Crippen LogP contribution in [0, 0.1) is 11.7 Å². The molecule has 3 nitrogen and oxygen atoms in total. The second-order valence-electron chi connectivity index (χ2n) is 8.19. The topological polar surface area (TPSA) is 27.7 Å². The lowest BCUT2D eigenvalue weighted by Crippen LogP contribution is -2.26. The number of hydrogen-bond acceptors (Lipinski definition) is 3. The van der Waals surface area contributed by atoms with E-state index in [2.05, 4.69) is 11.7 Å². The zero-order chi connectivity index (χ0) is 22.5. The van der Waals surface area contributed by atoms with Crippen molar-refractivity contribution in [1.29, 1.82) is 0 Å². The maximum atomic E-state index is 15.1.